The molecule has 2 aromatic rings. The summed E-state index contributed by atoms with van der Waals surface area (Å²) in [6, 6.07) is 0. The van der Waals surface area contributed by atoms with Gasteiger partial charge < -0.3 is 4.74 Å². The van der Waals surface area contributed by atoms with Crippen molar-refractivity contribution in [2.24, 2.45) is 14.1 Å². The van der Waals surface area contributed by atoms with Crippen molar-refractivity contribution in [1.82, 2.24) is 18.7 Å². The van der Waals surface area contributed by atoms with Crippen molar-refractivity contribution in [1.29, 1.82) is 0 Å². The summed E-state index contributed by atoms with van der Waals surface area (Å²) in [5.41, 5.74) is -0.373. The number of carbonyl (C=O) groups is 1. The van der Waals surface area contributed by atoms with Crippen molar-refractivity contribution in [3.8, 4) is 0 Å². The lowest BCUT2D eigenvalue weighted by atomic mass is 10.1. The molecule has 0 aliphatic rings. The maximum absolute atomic E-state index is 12.3. The lowest BCUT2D eigenvalue weighted by Crippen LogP contribution is -2.37. The molecule has 2 heterocycles. The second kappa shape index (κ2) is 8.64. The fourth-order valence-electron chi connectivity index (χ4n) is 2.76. The highest BCUT2D eigenvalue weighted by molar-refractivity contribution is 5.71. The fraction of sp³-hybridized carbons (Fsp3) is 0.647. The molecule has 0 unspecified atom stereocenters. The number of fused-ring (bicyclic) bond motifs is 1. The third kappa shape index (κ3) is 4.37. The van der Waals surface area contributed by atoms with E-state index in [9.17, 15) is 14.4 Å². The average Bonchev–Trinajstić information content (AvgIpc) is 3.03. The number of hydrogen-bond donors (Lipinski definition) is 0. The zero-order valence-corrected chi connectivity index (χ0v) is 15.2. The van der Waals surface area contributed by atoms with Crippen molar-refractivity contribution < 1.29 is 9.53 Å². The summed E-state index contributed by atoms with van der Waals surface area (Å²) in [6.45, 7) is 2.08. The number of aryl methyl sites for hydroxylation is 1. The molecule has 0 spiro atoms. The lowest BCUT2D eigenvalue weighted by molar-refractivity contribution is -0.147. The first-order valence-corrected chi connectivity index (χ1v) is 8.73. The summed E-state index contributed by atoms with van der Waals surface area (Å²) in [7, 11) is 2.96. The molecule has 8 heteroatoms. The van der Waals surface area contributed by atoms with Crippen molar-refractivity contribution in [2.45, 2.75) is 58.6 Å². The Morgan fingerprint density at radius 2 is 1.76 bits per heavy atom. The Bertz CT molecular complexity index is 847. The quantitative estimate of drug-likeness (QED) is 0.507. The highest BCUT2D eigenvalue weighted by Gasteiger charge is 2.15. The highest BCUT2D eigenvalue weighted by atomic mass is 16.5. The van der Waals surface area contributed by atoms with Crippen LogP contribution in [0.3, 0.4) is 0 Å². The van der Waals surface area contributed by atoms with E-state index in [0.717, 1.165) is 23.8 Å². The molecule has 0 saturated heterocycles. The van der Waals surface area contributed by atoms with Gasteiger partial charge in [0.1, 0.15) is 6.33 Å². The second-order valence-electron chi connectivity index (χ2n) is 6.26. The number of carbonyl (C=O) groups excluding carboxylic acids is 1. The molecule has 25 heavy (non-hydrogen) atoms. The minimum absolute atomic E-state index is 0.0847. The predicted molar refractivity (Wildman–Crippen MR) is 94.3 cm³/mol. The van der Waals surface area contributed by atoms with Crippen molar-refractivity contribution >= 4 is 17.1 Å². The van der Waals surface area contributed by atoms with Gasteiger partial charge in [0.05, 0.1) is 0 Å². The third-order valence-electron chi connectivity index (χ3n) is 4.32. The molecule has 0 N–H and O–H groups in total. The lowest BCUT2D eigenvalue weighted by Gasteiger charge is -2.08. The van der Waals surface area contributed by atoms with Crippen LogP contribution >= 0.6 is 0 Å². The first-order valence-electron chi connectivity index (χ1n) is 8.73. The largest absolute Gasteiger partial charge is 0.444 e. The molecule has 2 aromatic heterocycles. The Hall–Kier alpha value is -2.38. The standard InChI is InChI=1S/C17H26N4O4/c1-4-5-6-7-8-9-10-13(22)25-12-21-11-18-15-14(21)16(23)20(3)17(24)19(15)2/h11H,4-10,12H2,1-3H3. The van der Waals surface area contributed by atoms with Gasteiger partial charge in [-0.25, -0.2) is 9.78 Å². The Balaban J connectivity index is 1.95. The number of unbranched alkanes of at least 4 members (excludes halogenated alkanes) is 5. The summed E-state index contributed by atoms with van der Waals surface area (Å²) in [4.78, 5) is 40.1. The Morgan fingerprint density at radius 3 is 2.48 bits per heavy atom. The number of imidazole rings is 1. The number of nitrogens with zero attached hydrogens (tertiary/aromatic N) is 4. The van der Waals surface area contributed by atoms with Crippen LogP contribution in [0.2, 0.25) is 0 Å². The normalized spacial score (nSPS) is 11.2. The van der Waals surface area contributed by atoms with E-state index in [2.05, 4.69) is 11.9 Å². The maximum atomic E-state index is 12.3. The smallest absolute Gasteiger partial charge is 0.332 e. The Morgan fingerprint density at radius 1 is 1.08 bits per heavy atom. The minimum Gasteiger partial charge on any atom is -0.444 e. The van der Waals surface area contributed by atoms with Crippen LogP contribution in [0.25, 0.3) is 11.2 Å². The van der Waals surface area contributed by atoms with Gasteiger partial charge in [-0.05, 0) is 6.42 Å². The van der Waals surface area contributed by atoms with Crippen LogP contribution in [-0.4, -0.2) is 24.7 Å². The van der Waals surface area contributed by atoms with Gasteiger partial charge in [0.2, 0.25) is 0 Å². The number of aromatic nitrogens is 4. The molecule has 0 amide bonds. The molecule has 8 nitrogen and oxygen atoms in total. The topological polar surface area (TPSA) is 88.1 Å². The van der Waals surface area contributed by atoms with Gasteiger partial charge in [-0.15, -0.1) is 0 Å². The van der Waals surface area contributed by atoms with Gasteiger partial charge in [-0.1, -0.05) is 39.0 Å². The molecular weight excluding hydrogens is 324 g/mol. The summed E-state index contributed by atoms with van der Waals surface area (Å²) in [5.74, 6) is -0.293. The fourth-order valence-corrected chi connectivity index (χ4v) is 2.76. The van der Waals surface area contributed by atoms with Gasteiger partial charge in [0.15, 0.2) is 17.9 Å². The van der Waals surface area contributed by atoms with E-state index < -0.39 is 11.2 Å². The molecule has 138 valence electrons. The molecule has 0 aliphatic heterocycles. The third-order valence-corrected chi connectivity index (χ3v) is 4.32. The molecule has 0 radical (unpaired) electrons. The van der Waals surface area contributed by atoms with E-state index in [1.54, 1.807) is 7.05 Å². The van der Waals surface area contributed by atoms with Crippen LogP contribution in [0, 0.1) is 0 Å². The molecule has 0 bridgehead atoms. The number of esters is 1. The van der Waals surface area contributed by atoms with Crippen LogP contribution in [0.5, 0.6) is 0 Å². The van der Waals surface area contributed by atoms with Crippen molar-refractivity contribution in [2.75, 3.05) is 0 Å². The van der Waals surface area contributed by atoms with Crippen LogP contribution in [0.4, 0.5) is 0 Å². The SMILES string of the molecule is CCCCCCCCC(=O)OCn1cnc2c1c(=O)n(C)c(=O)n2C. The van der Waals surface area contributed by atoms with Gasteiger partial charge in [-0.3, -0.25) is 23.3 Å². The summed E-state index contributed by atoms with van der Waals surface area (Å²) < 4.78 is 9.00. The molecule has 0 aliphatic carbocycles. The highest BCUT2D eigenvalue weighted by Crippen LogP contribution is 2.09. The van der Waals surface area contributed by atoms with E-state index in [1.165, 1.54) is 41.8 Å². The second-order valence-corrected chi connectivity index (χ2v) is 6.26. The summed E-state index contributed by atoms with van der Waals surface area (Å²) in [6.07, 6.45) is 8.38. The maximum Gasteiger partial charge on any atom is 0.332 e. The summed E-state index contributed by atoms with van der Waals surface area (Å²) in [5, 5.41) is 0. The number of hydrogen-bond acceptors (Lipinski definition) is 5. The van der Waals surface area contributed by atoms with Gasteiger partial charge in [-0.2, -0.15) is 0 Å². The Kier molecular flexibility index (Phi) is 6.55. The van der Waals surface area contributed by atoms with Gasteiger partial charge in [0.25, 0.3) is 5.56 Å². The summed E-state index contributed by atoms with van der Waals surface area (Å²) >= 11 is 0. The molecule has 0 atom stereocenters. The zero-order chi connectivity index (χ0) is 18.4. The Labute approximate surface area is 146 Å². The van der Waals surface area contributed by atoms with Gasteiger partial charge in [0, 0.05) is 20.5 Å². The minimum atomic E-state index is -0.456. The molecule has 0 saturated carbocycles. The van der Waals surface area contributed by atoms with Crippen LogP contribution in [-0.2, 0) is 30.4 Å². The number of ether oxygens (including phenoxy) is 1. The van der Waals surface area contributed by atoms with E-state index in [4.69, 9.17) is 4.74 Å². The first kappa shape index (κ1) is 19.0. The van der Waals surface area contributed by atoms with E-state index in [1.807, 2.05) is 0 Å². The molecule has 2 rings (SSSR count). The average molecular weight is 350 g/mol. The predicted octanol–water partition coefficient (Wildman–Crippen LogP) is 1.68. The van der Waals surface area contributed by atoms with Crippen molar-refractivity contribution in [3.63, 3.8) is 0 Å². The number of rotatable bonds is 9. The zero-order valence-electron chi connectivity index (χ0n) is 15.2. The van der Waals surface area contributed by atoms with E-state index >= 15 is 0 Å². The van der Waals surface area contributed by atoms with Crippen molar-refractivity contribution in [3.05, 3.63) is 27.2 Å². The molecule has 0 fully saturated rings. The van der Waals surface area contributed by atoms with E-state index in [-0.39, 0.29) is 23.9 Å². The van der Waals surface area contributed by atoms with Gasteiger partial charge >= 0.3 is 11.7 Å². The molecular formula is C17H26N4O4. The first-order chi connectivity index (χ1) is 12.0. The van der Waals surface area contributed by atoms with Crippen LogP contribution < -0.4 is 11.2 Å². The van der Waals surface area contributed by atoms with Crippen LogP contribution in [0.15, 0.2) is 15.9 Å². The van der Waals surface area contributed by atoms with E-state index in [0.29, 0.717) is 6.42 Å². The monoisotopic (exact) mass is 350 g/mol. The van der Waals surface area contributed by atoms with Crippen LogP contribution in [0.1, 0.15) is 51.9 Å². The molecule has 0 aromatic carbocycles.